The molecule has 0 spiro atoms. The molecule has 5 heteroatoms. The summed E-state index contributed by atoms with van der Waals surface area (Å²) in [6.07, 6.45) is 0.908. The molecule has 0 amide bonds. The number of ether oxygens (including phenoxy) is 3. The molecule has 0 aliphatic rings. The predicted molar refractivity (Wildman–Crippen MR) is 74.5 cm³/mol. The van der Waals surface area contributed by atoms with Gasteiger partial charge >= 0.3 is 0 Å². The van der Waals surface area contributed by atoms with Crippen LogP contribution >= 0.6 is 0 Å². The zero-order valence-electron chi connectivity index (χ0n) is 12.1. The summed E-state index contributed by atoms with van der Waals surface area (Å²) < 4.78 is 15.9. The number of methoxy groups -OCH3 is 1. The van der Waals surface area contributed by atoms with Crippen molar-refractivity contribution < 1.29 is 14.2 Å². The van der Waals surface area contributed by atoms with Crippen LogP contribution in [0.5, 0.6) is 5.88 Å². The first-order valence-electron chi connectivity index (χ1n) is 6.58. The fraction of sp³-hybridized carbons (Fsp3) is 0.643. The number of nitrogens with one attached hydrogen (secondary N) is 1. The van der Waals surface area contributed by atoms with E-state index in [2.05, 4.69) is 10.3 Å². The van der Waals surface area contributed by atoms with Crippen LogP contribution in [-0.2, 0) is 16.0 Å². The summed E-state index contributed by atoms with van der Waals surface area (Å²) in [5.74, 6) is 0.658. The highest BCUT2D eigenvalue weighted by molar-refractivity contribution is 5.24. The Labute approximate surface area is 115 Å². The van der Waals surface area contributed by atoms with E-state index in [9.17, 15) is 0 Å². The molecule has 0 aromatic carbocycles. The van der Waals surface area contributed by atoms with Crippen molar-refractivity contribution in [1.82, 2.24) is 10.3 Å². The molecule has 5 nitrogen and oxygen atoms in total. The van der Waals surface area contributed by atoms with Gasteiger partial charge in [0.15, 0.2) is 0 Å². The Balaban J connectivity index is 2.25. The van der Waals surface area contributed by atoms with Crippen LogP contribution in [0.4, 0.5) is 0 Å². The number of hydrogen-bond donors (Lipinski definition) is 1. The number of aryl methyl sites for hydroxylation is 1. The van der Waals surface area contributed by atoms with Gasteiger partial charge in [-0.15, -0.1) is 0 Å². The normalized spacial score (nSPS) is 10.7. The third-order valence-corrected chi connectivity index (χ3v) is 2.49. The number of rotatable bonds is 10. The van der Waals surface area contributed by atoms with Gasteiger partial charge in [-0.1, -0.05) is 0 Å². The van der Waals surface area contributed by atoms with Crippen molar-refractivity contribution in [2.75, 3.05) is 40.6 Å². The van der Waals surface area contributed by atoms with Crippen LogP contribution in [-0.4, -0.2) is 45.6 Å². The van der Waals surface area contributed by atoms with Crippen molar-refractivity contribution >= 4 is 0 Å². The van der Waals surface area contributed by atoms with Crippen LogP contribution in [0.1, 0.15) is 17.7 Å². The molecule has 0 saturated carbocycles. The van der Waals surface area contributed by atoms with Gasteiger partial charge in [-0.3, -0.25) is 0 Å². The van der Waals surface area contributed by atoms with Crippen molar-refractivity contribution in [3.8, 4) is 5.88 Å². The Morgan fingerprint density at radius 1 is 1.16 bits per heavy atom. The van der Waals surface area contributed by atoms with E-state index in [1.165, 1.54) is 5.56 Å². The van der Waals surface area contributed by atoms with Crippen molar-refractivity contribution in [3.05, 3.63) is 23.4 Å². The van der Waals surface area contributed by atoms with Gasteiger partial charge in [0.25, 0.3) is 0 Å². The maximum atomic E-state index is 5.59. The summed E-state index contributed by atoms with van der Waals surface area (Å²) >= 11 is 0. The molecule has 19 heavy (non-hydrogen) atoms. The van der Waals surface area contributed by atoms with Crippen LogP contribution in [0.25, 0.3) is 0 Å². The lowest BCUT2D eigenvalue weighted by Crippen LogP contribution is -2.10. The lowest BCUT2D eigenvalue weighted by Gasteiger charge is -2.09. The number of nitrogens with zero attached hydrogens (tertiary/aromatic N) is 1. The van der Waals surface area contributed by atoms with E-state index < -0.39 is 0 Å². The molecule has 0 bridgehead atoms. The van der Waals surface area contributed by atoms with Crippen molar-refractivity contribution in [3.63, 3.8) is 0 Å². The van der Waals surface area contributed by atoms with Crippen LogP contribution in [0.15, 0.2) is 12.1 Å². The van der Waals surface area contributed by atoms with Gasteiger partial charge in [-0.2, -0.15) is 0 Å². The van der Waals surface area contributed by atoms with Gasteiger partial charge < -0.3 is 19.5 Å². The molecule has 1 aromatic heterocycles. The van der Waals surface area contributed by atoms with Crippen molar-refractivity contribution in [2.45, 2.75) is 19.9 Å². The van der Waals surface area contributed by atoms with Gasteiger partial charge in [-0.05, 0) is 32.0 Å². The van der Waals surface area contributed by atoms with E-state index in [-0.39, 0.29) is 0 Å². The minimum absolute atomic E-state index is 0.516. The Kier molecular flexibility index (Phi) is 8.13. The molecule has 1 heterocycles. The molecular weight excluding hydrogens is 244 g/mol. The van der Waals surface area contributed by atoms with Gasteiger partial charge in [0, 0.05) is 38.6 Å². The minimum atomic E-state index is 0.516. The summed E-state index contributed by atoms with van der Waals surface area (Å²) in [7, 11) is 3.61. The molecule has 0 aliphatic carbocycles. The molecule has 108 valence electrons. The molecule has 0 unspecified atom stereocenters. The van der Waals surface area contributed by atoms with E-state index in [0.29, 0.717) is 25.7 Å². The topological polar surface area (TPSA) is 52.6 Å². The standard InChI is InChI=1S/C14H24N2O3/c1-12-9-13(11-15-2)10-14(16-12)19-8-7-18-6-4-5-17-3/h9-10,15H,4-8,11H2,1-3H3. The highest BCUT2D eigenvalue weighted by Gasteiger charge is 2.01. The summed E-state index contributed by atoms with van der Waals surface area (Å²) in [5.41, 5.74) is 2.13. The summed E-state index contributed by atoms with van der Waals surface area (Å²) in [6.45, 7) is 5.29. The predicted octanol–water partition coefficient (Wildman–Crippen LogP) is 1.54. The van der Waals surface area contributed by atoms with Crippen LogP contribution in [0.2, 0.25) is 0 Å². The van der Waals surface area contributed by atoms with Crippen molar-refractivity contribution in [2.24, 2.45) is 0 Å². The quantitative estimate of drug-likeness (QED) is 0.652. The van der Waals surface area contributed by atoms with Gasteiger partial charge in [0.1, 0.15) is 6.61 Å². The van der Waals surface area contributed by atoms with Crippen LogP contribution in [0, 0.1) is 6.92 Å². The lowest BCUT2D eigenvalue weighted by molar-refractivity contribution is 0.0795. The molecule has 1 rings (SSSR count). The van der Waals surface area contributed by atoms with Gasteiger partial charge in [0.2, 0.25) is 5.88 Å². The van der Waals surface area contributed by atoms with Gasteiger partial charge in [0.05, 0.1) is 6.61 Å². The second-order valence-electron chi connectivity index (χ2n) is 4.29. The average Bonchev–Trinajstić information content (AvgIpc) is 2.37. The van der Waals surface area contributed by atoms with E-state index >= 15 is 0 Å². The fourth-order valence-corrected chi connectivity index (χ4v) is 1.70. The van der Waals surface area contributed by atoms with Gasteiger partial charge in [-0.25, -0.2) is 4.98 Å². The smallest absolute Gasteiger partial charge is 0.213 e. The minimum Gasteiger partial charge on any atom is -0.475 e. The number of pyridine rings is 1. The molecule has 0 saturated heterocycles. The molecule has 1 aromatic rings. The molecule has 0 radical (unpaired) electrons. The third kappa shape index (κ3) is 7.10. The zero-order valence-corrected chi connectivity index (χ0v) is 12.1. The van der Waals surface area contributed by atoms with E-state index in [1.807, 2.05) is 26.1 Å². The zero-order chi connectivity index (χ0) is 13.9. The fourth-order valence-electron chi connectivity index (χ4n) is 1.70. The first-order valence-corrected chi connectivity index (χ1v) is 6.58. The Morgan fingerprint density at radius 2 is 2.00 bits per heavy atom. The maximum absolute atomic E-state index is 5.59. The van der Waals surface area contributed by atoms with Crippen LogP contribution < -0.4 is 10.1 Å². The van der Waals surface area contributed by atoms with E-state index in [4.69, 9.17) is 14.2 Å². The monoisotopic (exact) mass is 268 g/mol. The number of hydrogen-bond acceptors (Lipinski definition) is 5. The largest absolute Gasteiger partial charge is 0.475 e. The van der Waals surface area contributed by atoms with E-state index in [0.717, 1.165) is 25.3 Å². The number of aromatic nitrogens is 1. The SMILES string of the molecule is CNCc1cc(C)nc(OCCOCCCOC)c1. The lowest BCUT2D eigenvalue weighted by atomic mass is 10.2. The maximum Gasteiger partial charge on any atom is 0.213 e. The second kappa shape index (κ2) is 9.72. The Bertz CT molecular complexity index is 359. The summed E-state index contributed by atoms with van der Waals surface area (Å²) in [6, 6.07) is 4.00. The second-order valence-corrected chi connectivity index (χ2v) is 4.29. The van der Waals surface area contributed by atoms with E-state index in [1.54, 1.807) is 7.11 Å². The Morgan fingerprint density at radius 3 is 2.74 bits per heavy atom. The van der Waals surface area contributed by atoms with Crippen molar-refractivity contribution in [1.29, 1.82) is 0 Å². The molecule has 0 atom stereocenters. The first-order chi connectivity index (χ1) is 9.26. The van der Waals surface area contributed by atoms with Crippen LogP contribution in [0.3, 0.4) is 0 Å². The third-order valence-electron chi connectivity index (χ3n) is 2.49. The molecule has 0 aliphatic heterocycles. The highest BCUT2D eigenvalue weighted by atomic mass is 16.5. The molecule has 1 N–H and O–H groups in total. The first kappa shape index (κ1) is 15.9. The summed E-state index contributed by atoms with van der Waals surface area (Å²) in [5, 5.41) is 3.11. The molecule has 0 fully saturated rings. The summed E-state index contributed by atoms with van der Waals surface area (Å²) in [4.78, 5) is 4.34. The highest BCUT2D eigenvalue weighted by Crippen LogP contribution is 2.12. The Hall–Kier alpha value is -1.17. The average molecular weight is 268 g/mol. The molecular formula is C14H24N2O3.